The third kappa shape index (κ3) is 4.57. The average molecular weight is 373 g/mol. The van der Waals surface area contributed by atoms with E-state index in [9.17, 15) is 4.79 Å². The molecule has 1 aliphatic heterocycles. The van der Waals surface area contributed by atoms with Crippen LogP contribution in [0.15, 0.2) is 48.5 Å². The van der Waals surface area contributed by atoms with Gasteiger partial charge in [-0.2, -0.15) is 0 Å². The third-order valence-electron chi connectivity index (χ3n) is 4.97. The maximum Gasteiger partial charge on any atom is 0.239 e. The van der Waals surface area contributed by atoms with Crippen molar-refractivity contribution in [3.05, 3.63) is 64.7 Å². The molecule has 0 radical (unpaired) electrons. The standard InChI is InChI=1S/C21H25ClN2O2/c1-16(23(2)12-13-26-20-9-5-8-19(22)14-20)21(25)24-11-10-17-6-3-4-7-18(17)15-24/h3-9,14,16H,10-13,15H2,1-2H3. The van der Waals surface area contributed by atoms with Gasteiger partial charge >= 0.3 is 0 Å². The second kappa shape index (κ2) is 8.56. The fourth-order valence-electron chi connectivity index (χ4n) is 3.19. The Morgan fingerprint density at radius 3 is 2.77 bits per heavy atom. The lowest BCUT2D eigenvalue weighted by molar-refractivity contribution is -0.137. The summed E-state index contributed by atoms with van der Waals surface area (Å²) < 4.78 is 5.73. The second-order valence-electron chi connectivity index (χ2n) is 6.74. The van der Waals surface area contributed by atoms with Gasteiger partial charge in [0, 0.05) is 24.7 Å². The van der Waals surface area contributed by atoms with Crippen molar-refractivity contribution in [2.45, 2.75) is 25.9 Å². The molecule has 3 rings (SSSR count). The predicted octanol–water partition coefficient (Wildman–Crippen LogP) is 3.62. The summed E-state index contributed by atoms with van der Waals surface area (Å²) in [5.74, 6) is 0.919. The zero-order valence-electron chi connectivity index (χ0n) is 15.3. The molecule has 138 valence electrons. The molecule has 0 bridgehead atoms. The number of likely N-dealkylation sites (N-methyl/N-ethyl adjacent to an activating group) is 1. The Bertz CT molecular complexity index is 765. The van der Waals surface area contributed by atoms with Crippen molar-refractivity contribution in [1.82, 2.24) is 9.80 Å². The van der Waals surface area contributed by atoms with E-state index in [1.165, 1.54) is 11.1 Å². The highest BCUT2D eigenvalue weighted by Gasteiger charge is 2.26. The average Bonchev–Trinajstić information content (AvgIpc) is 2.66. The highest BCUT2D eigenvalue weighted by molar-refractivity contribution is 6.30. The maximum atomic E-state index is 12.9. The monoisotopic (exact) mass is 372 g/mol. The quantitative estimate of drug-likeness (QED) is 0.776. The molecular weight excluding hydrogens is 348 g/mol. The summed E-state index contributed by atoms with van der Waals surface area (Å²) in [5.41, 5.74) is 2.61. The topological polar surface area (TPSA) is 32.8 Å². The molecule has 0 spiro atoms. The predicted molar refractivity (Wildman–Crippen MR) is 105 cm³/mol. The molecule has 26 heavy (non-hydrogen) atoms. The first-order valence-electron chi connectivity index (χ1n) is 8.99. The number of halogens is 1. The molecule has 0 aliphatic carbocycles. The van der Waals surface area contributed by atoms with Crippen molar-refractivity contribution >= 4 is 17.5 Å². The van der Waals surface area contributed by atoms with Crippen LogP contribution in [0.3, 0.4) is 0 Å². The van der Waals surface area contributed by atoms with Crippen LogP contribution < -0.4 is 4.74 Å². The molecule has 1 atom stereocenters. The first-order chi connectivity index (χ1) is 12.5. The van der Waals surface area contributed by atoms with Gasteiger partial charge < -0.3 is 9.64 Å². The lowest BCUT2D eigenvalue weighted by Gasteiger charge is -2.33. The van der Waals surface area contributed by atoms with E-state index in [-0.39, 0.29) is 11.9 Å². The van der Waals surface area contributed by atoms with Gasteiger partial charge in [0.25, 0.3) is 0 Å². The van der Waals surface area contributed by atoms with Gasteiger partial charge in [-0.3, -0.25) is 9.69 Å². The Balaban J connectivity index is 1.50. The Labute approximate surface area is 160 Å². The molecule has 0 N–H and O–H groups in total. The SMILES string of the molecule is CC(C(=O)N1CCc2ccccc2C1)N(C)CCOc1cccc(Cl)c1. The van der Waals surface area contributed by atoms with E-state index in [0.717, 1.165) is 18.7 Å². The van der Waals surface area contributed by atoms with Gasteiger partial charge in [0.1, 0.15) is 12.4 Å². The molecule has 2 aromatic carbocycles. The Morgan fingerprint density at radius 2 is 2.00 bits per heavy atom. The van der Waals surface area contributed by atoms with Crippen LogP contribution in [0.4, 0.5) is 0 Å². The molecule has 1 aliphatic rings. The van der Waals surface area contributed by atoms with Gasteiger partial charge in [-0.15, -0.1) is 0 Å². The van der Waals surface area contributed by atoms with Crippen molar-refractivity contribution in [2.24, 2.45) is 0 Å². The molecule has 5 heteroatoms. The normalized spacial score (nSPS) is 14.8. The Morgan fingerprint density at radius 1 is 1.23 bits per heavy atom. The molecule has 0 saturated carbocycles. The number of amides is 1. The van der Waals surface area contributed by atoms with Crippen LogP contribution in [0.1, 0.15) is 18.1 Å². The lowest BCUT2D eigenvalue weighted by Crippen LogP contribution is -2.48. The van der Waals surface area contributed by atoms with E-state index in [0.29, 0.717) is 24.7 Å². The van der Waals surface area contributed by atoms with Crippen LogP contribution in [0.25, 0.3) is 0 Å². The van der Waals surface area contributed by atoms with Crippen LogP contribution in [-0.4, -0.2) is 48.5 Å². The summed E-state index contributed by atoms with van der Waals surface area (Å²) in [7, 11) is 1.96. The number of benzene rings is 2. The molecule has 1 unspecified atom stereocenters. The first-order valence-corrected chi connectivity index (χ1v) is 9.36. The van der Waals surface area contributed by atoms with Crippen molar-refractivity contribution in [3.8, 4) is 5.75 Å². The number of nitrogens with zero attached hydrogens (tertiary/aromatic N) is 2. The maximum absolute atomic E-state index is 12.9. The van der Waals surface area contributed by atoms with E-state index >= 15 is 0 Å². The van der Waals surface area contributed by atoms with Crippen LogP contribution in [0.2, 0.25) is 5.02 Å². The number of carbonyl (C=O) groups excluding carboxylic acids is 1. The fourth-order valence-corrected chi connectivity index (χ4v) is 3.37. The molecule has 1 amide bonds. The van der Waals surface area contributed by atoms with Crippen LogP contribution in [0, 0.1) is 0 Å². The number of hydrogen-bond acceptors (Lipinski definition) is 3. The van der Waals surface area contributed by atoms with E-state index in [1.807, 2.05) is 48.0 Å². The molecule has 0 fully saturated rings. The van der Waals surface area contributed by atoms with Crippen LogP contribution >= 0.6 is 11.6 Å². The summed E-state index contributed by atoms with van der Waals surface area (Å²) in [6, 6.07) is 15.5. The zero-order chi connectivity index (χ0) is 18.5. The van der Waals surface area contributed by atoms with Gasteiger partial charge in [-0.05, 0) is 49.7 Å². The minimum absolute atomic E-state index is 0.171. The molecule has 4 nitrogen and oxygen atoms in total. The Kier molecular flexibility index (Phi) is 6.17. The lowest BCUT2D eigenvalue weighted by atomic mass is 9.99. The summed E-state index contributed by atoms with van der Waals surface area (Å²) in [6.45, 7) is 4.63. The number of hydrogen-bond donors (Lipinski definition) is 0. The van der Waals surface area contributed by atoms with Crippen LogP contribution in [-0.2, 0) is 17.8 Å². The van der Waals surface area contributed by atoms with E-state index in [4.69, 9.17) is 16.3 Å². The second-order valence-corrected chi connectivity index (χ2v) is 7.18. The summed E-state index contributed by atoms with van der Waals surface area (Å²) in [6.07, 6.45) is 0.927. The molecular formula is C21H25ClN2O2. The van der Waals surface area contributed by atoms with Crippen LogP contribution in [0.5, 0.6) is 5.75 Å². The molecule has 0 saturated heterocycles. The van der Waals surface area contributed by atoms with Gasteiger partial charge in [-0.25, -0.2) is 0 Å². The van der Waals surface area contributed by atoms with E-state index < -0.39 is 0 Å². The van der Waals surface area contributed by atoms with Crippen molar-refractivity contribution in [1.29, 1.82) is 0 Å². The molecule has 2 aromatic rings. The van der Waals surface area contributed by atoms with Gasteiger partial charge in [0.2, 0.25) is 5.91 Å². The van der Waals surface area contributed by atoms with E-state index in [1.54, 1.807) is 6.07 Å². The summed E-state index contributed by atoms with van der Waals surface area (Å²) in [4.78, 5) is 16.8. The Hall–Kier alpha value is -2.04. The minimum Gasteiger partial charge on any atom is -0.492 e. The number of ether oxygens (including phenoxy) is 1. The van der Waals surface area contributed by atoms with Crippen molar-refractivity contribution in [3.63, 3.8) is 0 Å². The number of fused-ring (bicyclic) bond motifs is 1. The van der Waals surface area contributed by atoms with Gasteiger partial charge in [0.05, 0.1) is 6.04 Å². The van der Waals surface area contributed by atoms with Gasteiger partial charge in [0.15, 0.2) is 0 Å². The molecule has 0 aromatic heterocycles. The fraction of sp³-hybridized carbons (Fsp3) is 0.381. The van der Waals surface area contributed by atoms with Crippen molar-refractivity contribution in [2.75, 3.05) is 26.7 Å². The van der Waals surface area contributed by atoms with Crippen molar-refractivity contribution < 1.29 is 9.53 Å². The summed E-state index contributed by atoms with van der Waals surface area (Å²) in [5, 5.41) is 0.657. The highest BCUT2D eigenvalue weighted by atomic mass is 35.5. The number of rotatable bonds is 6. The summed E-state index contributed by atoms with van der Waals surface area (Å²) >= 11 is 5.96. The minimum atomic E-state index is -0.178. The largest absolute Gasteiger partial charge is 0.492 e. The smallest absolute Gasteiger partial charge is 0.239 e. The zero-order valence-corrected chi connectivity index (χ0v) is 16.1. The molecule has 1 heterocycles. The first kappa shape index (κ1) is 18.7. The van der Waals surface area contributed by atoms with Gasteiger partial charge in [-0.1, -0.05) is 41.9 Å². The van der Waals surface area contributed by atoms with E-state index in [2.05, 4.69) is 18.2 Å². The number of carbonyl (C=O) groups is 1. The highest BCUT2D eigenvalue weighted by Crippen LogP contribution is 2.20. The third-order valence-corrected chi connectivity index (χ3v) is 5.20.